The number of amides is 1. The monoisotopic (exact) mass is 616 g/mol. The highest BCUT2D eigenvalue weighted by molar-refractivity contribution is 6.99. The van der Waals surface area contributed by atoms with E-state index in [9.17, 15) is 24.0 Å². The third-order valence-electron chi connectivity index (χ3n) is 5.89. The minimum Gasteiger partial charge on any atom is -0.470 e. The predicted octanol–water partition coefficient (Wildman–Crippen LogP) is 1.13. The minimum atomic E-state index is -1.37. The zero-order valence-electron chi connectivity index (χ0n) is 25.2. The van der Waals surface area contributed by atoms with Crippen molar-refractivity contribution < 1.29 is 52.4 Å². The molecule has 236 valence electrons. The van der Waals surface area contributed by atoms with Crippen LogP contribution in [-0.4, -0.2) is 113 Å². The first-order valence-electron chi connectivity index (χ1n) is 13.4. The number of hydrogen-bond donors (Lipinski definition) is 0. The Bertz CT molecular complexity index is 1100. The molecule has 1 fully saturated rings. The van der Waals surface area contributed by atoms with Crippen molar-refractivity contribution in [1.82, 2.24) is 13.6 Å². The van der Waals surface area contributed by atoms with Crippen molar-refractivity contribution in [1.29, 1.82) is 0 Å². The van der Waals surface area contributed by atoms with Crippen LogP contribution in [0.25, 0.3) is 0 Å². The van der Waals surface area contributed by atoms with E-state index in [2.05, 4.69) is 8.75 Å². The van der Waals surface area contributed by atoms with Gasteiger partial charge < -0.3 is 38.2 Å². The number of aromatic nitrogens is 2. The van der Waals surface area contributed by atoms with Crippen LogP contribution in [0.4, 0.5) is 5.82 Å². The summed E-state index contributed by atoms with van der Waals surface area (Å²) in [4.78, 5) is 64.6. The molecule has 0 radical (unpaired) electrons. The fraction of sp³-hybridized carbons (Fsp3) is 0.731. The highest BCUT2D eigenvalue weighted by Crippen LogP contribution is 2.27. The Morgan fingerprint density at radius 3 is 2.00 bits per heavy atom. The fourth-order valence-electron chi connectivity index (χ4n) is 3.82. The Morgan fingerprint density at radius 2 is 1.43 bits per heavy atom. The molecule has 2 heterocycles. The molecule has 0 spiro atoms. The van der Waals surface area contributed by atoms with E-state index >= 15 is 0 Å². The van der Waals surface area contributed by atoms with E-state index in [0.717, 1.165) is 18.7 Å². The van der Waals surface area contributed by atoms with Gasteiger partial charge in [-0.25, -0.2) is 9.59 Å². The zero-order chi connectivity index (χ0) is 31.6. The summed E-state index contributed by atoms with van der Waals surface area (Å²) in [5, 5.41) is 0. The maximum absolute atomic E-state index is 13.3. The molecule has 16 heteroatoms. The standard InChI is InChI=1S/C26H40N4O11S/c1-15(38-18(4)31)23(33)30(26(6,7)8)13-20(41-25(35)17(3)40-24(34)16(2)39-19(5)32)14-37-22-21(27-42-28-22)29-9-11-36-12-10-29/h15-17,20H,9-14H2,1-8H3/t15?,16?,17?,20-/m0/s1. The number of morpholine rings is 1. The van der Waals surface area contributed by atoms with Crippen LogP contribution >= 0.6 is 11.7 Å². The molecule has 0 aromatic carbocycles. The average molecular weight is 617 g/mol. The first-order chi connectivity index (χ1) is 19.6. The van der Waals surface area contributed by atoms with Gasteiger partial charge >= 0.3 is 23.9 Å². The Kier molecular flexibility index (Phi) is 12.9. The summed E-state index contributed by atoms with van der Waals surface area (Å²) in [5.74, 6) is -2.95. The summed E-state index contributed by atoms with van der Waals surface area (Å²) in [7, 11) is 0. The third kappa shape index (κ3) is 10.7. The maximum Gasteiger partial charge on any atom is 0.347 e. The van der Waals surface area contributed by atoms with Gasteiger partial charge in [0.1, 0.15) is 6.61 Å². The predicted molar refractivity (Wildman–Crippen MR) is 148 cm³/mol. The minimum absolute atomic E-state index is 0.158. The van der Waals surface area contributed by atoms with Crippen molar-refractivity contribution in [2.75, 3.05) is 44.4 Å². The highest BCUT2D eigenvalue weighted by atomic mass is 32.1. The lowest BCUT2D eigenvalue weighted by atomic mass is 10.0. The molecule has 4 atom stereocenters. The Labute approximate surface area is 249 Å². The molecule has 0 saturated carbocycles. The van der Waals surface area contributed by atoms with Crippen molar-refractivity contribution in [3.05, 3.63) is 0 Å². The van der Waals surface area contributed by atoms with Gasteiger partial charge in [0.25, 0.3) is 11.8 Å². The lowest BCUT2D eigenvalue weighted by Gasteiger charge is -2.39. The summed E-state index contributed by atoms with van der Waals surface area (Å²) in [6.45, 7) is 13.5. The van der Waals surface area contributed by atoms with Gasteiger partial charge in [-0.3, -0.25) is 14.4 Å². The van der Waals surface area contributed by atoms with Crippen LogP contribution in [0.5, 0.6) is 5.88 Å². The summed E-state index contributed by atoms with van der Waals surface area (Å²) >= 11 is 0.955. The number of nitrogens with zero attached hydrogens (tertiary/aromatic N) is 4. The van der Waals surface area contributed by atoms with Crippen molar-refractivity contribution >= 4 is 47.3 Å². The van der Waals surface area contributed by atoms with Crippen LogP contribution in [-0.2, 0) is 47.7 Å². The molecule has 0 aliphatic carbocycles. The quantitative estimate of drug-likeness (QED) is 0.228. The van der Waals surface area contributed by atoms with Crippen LogP contribution in [0.2, 0.25) is 0 Å². The van der Waals surface area contributed by atoms with Gasteiger partial charge in [-0.05, 0) is 41.5 Å². The Balaban J connectivity index is 2.25. The molecular weight excluding hydrogens is 576 g/mol. The van der Waals surface area contributed by atoms with E-state index in [1.54, 1.807) is 20.8 Å². The van der Waals surface area contributed by atoms with Crippen molar-refractivity contribution in [2.45, 2.75) is 85.3 Å². The van der Waals surface area contributed by atoms with Crippen LogP contribution < -0.4 is 9.64 Å². The summed E-state index contributed by atoms with van der Waals surface area (Å²) < 4.78 is 40.5. The highest BCUT2D eigenvalue weighted by Gasteiger charge is 2.36. The fourth-order valence-corrected chi connectivity index (χ4v) is 4.34. The number of anilines is 1. The van der Waals surface area contributed by atoms with Crippen LogP contribution in [0.3, 0.4) is 0 Å². The number of carbonyl (C=O) groups excluding carboxylic acids is 5. The number of esters is 4. The normalized spacial score (nSPS) is 16.3. The van der Waals surface area contributed by atoms with Crippen LogP contribution in [0, 0.1) is 0 Å². The Hall–Kier alpha value is -3.53. The van der Waals surface area contributed by atoms with Gasteiger partial charge in [0, 0.05) is 32.5 Å². The van der Waals surface area contributed by atoms with Crippen LogP contribution in [0.1, 0.15) is 55.4 Å². The lowest BCUT2D eigenvalue weighted by molar-refractivity contribution is -0.180. The molecule has 1 aliphatic heterocycles. The molecular formula is C26H40N4O11S. The van der Waals surface area contributed by atoms with E-state index < -0.39 is 59.7 Å². The van der Waals surface area contributed by atoms with E-state index in [4.69, 9.17) is 28.4 Å². The average Bonchev–Trinajstić information content (AvgIpc) is 3.37. The smallest absolute Gasteiger partial charge is 0.347 e. The number of ether oxygens (including phenoxy) is 6. The van der Waals surface area contributed by atoms with Gasteiger partial charge in [0.2, 0.25) is 5.82 Å². The first-order valence-corrected chi connectivity index (χ1v) is 14.2. The molecule has 0 bridgehead atoms. The van der Waals surface area contributed by atoms with Gasteiger partial charge in [-0.15, -0.1) is 4.37 Å². The number of hydrogen-bond acceptors (Lipinski definition) is 15. The maximum atomic E-state index is 13.3. The zero-order valence-corrected chi connectivity index (χ0v) is 26.1. The molecule has 15 nitrogen and oxygen atoms in total. The summed E-state index contributed by atoms with van der Waals surface area (Å²) in [6.07, 6.45) is -4.78. The molecule has 1 aromatic rings. The second kappa shape index (κ2) is 15.6. The third-order valence-corrected chi connectivity index (χ3v) is 6.40. The van der Waals surface area contributed by atoms with E-state index in [1.807, 2.05) is 4.90 Å². The van der Waals surface area contributed by atoms with Crippen molar-refractivity contribution in [2.24, 2.45) is 0 Å². The second-order valence-electron chi connectivity index (χ2n) is 10.6. The molecule has 1 aromatic heterocycles. The van der Waals surface area contributed by atoms with Crippen molar-refractivity contribution in [3.8, 4) is 5.88 Å². The molecule has 2 rings (SSSR count). The molecule has 3 unspecified atom stereocenters. The van der Waals surface area contributed by atoms with Crippen molar-refractivity contribution in [3.63, 3.8) is 0 Å². The molecule has 1 aliphatic rings. The topological polar surface area (TPSA) is 173 Å². The summed E-state index contributed by atoms with van der Waals surface area (Å²) in [5.41, 5.74) is -0.783. The van der Waals surface area contributed by atoms with Gasteiger partial charge in [0.15, 0.2) is 24.4 Å². The number of carbonyl (C=O) groups is 5. The van der Waals surface area contributed by atoms with E-state index in [0.29, 0.717) is 32.1 Å². The summed E-state index contributed by atoms with van der Waals surface area (Å²) in [6, 6.07) is 0. The van der Waals surface area contributed by atoms with Gasteiger partial charge in [-0.1, -0.05) is 0 Å². The molecule has 0 N–H and O–H groups in total. The molecule has 42 heavy (non-hydrogen) atoms. The van der Waals surface area contributed by atoms with Gasteiger partial charge in [0.05, 0.1) is 31.5 Å². The van der Waals surface area contributed by atoms with E-state index in [1.165, 1.54) is 32.6 Å². The lowest BCUT2D eigenvalue weighted by Crippen LogP contribution is -2.54. The number of rotatable bonds is 13. The largest absolute Gasteiger partial charge is 0.470 e. The van der Waals surface area contributed by atoms with Gasteiger partial charge in [-0.2, -0.15) is 4.37 Å². The Morgan fingerprint density at radius 1 is 0.881 bits per heavy atom. The van der Waals surface area contributed by atoms with E-state index in [-0.39, 0.29) is 19.0 Å². The SMILES string of the molecule is CC(=O)OC(C)C(=O)OC(C)C(=O)O[C@H](COc1nsnc1N1CCOCC1)CN(C(=O)C(C)OC(C)=O)C(C)(C)C. The molecule has 1 amide bonds. The van der Waals surface area contributed by atoms with Crippen LogP contribution in [0.15, 0.2) is 0 Å². The first kappa shape index (κ1) is 34.7. The second-order valence-corrected chi connectivity index (χ2v) is 11.1. The molecule has 1 saturated heterocycles.